The van der Waals surface area contributed by atoms with E-state index in [-0.39, 0.29) is 31.1 Å². The number of allylic oxidation sites excluding steroid dienone is 24. The Morgan fingerprint density at radius 1 is 0.269 bits per heavy atom. The number of hydrogen-bond donors (Lipinski definition) is 0. The maximum Gasteiger partial charge on any atom is 0.306 e. The first kappa shape index (κ1) is 73.3. The number of carbonyl (C=O) groups excluding carboxylic acids is 3. The zero-order valence-corrected chi connectivity index (χ0v) is 50.4. The van der Waals surface area contributed by atoms with E-state index in [2.05, 4.69) is 167 Å². The van der Waals surface area contributed by atoms with Crippen LogP contribution in [0, 0.1) is 0 Å². The topological polar surface area (TPSA) is 78.9 Å². The molecule has 440 valence electrons. The average Bonchev–Trinajstić information content (AvgIpc) is 3.44. The van der Waals surface area contributed by atoms with E-state index in [0.29, 0.717) is 19.3 Å². The summed E-state index contributed by atoms with van der Waals surface area (Å²) in [5, 5.41) is 0. The fourth-order valence-corrected chi connectivity index (χ4v) is 8.35. The Balaban J connectivity index is 4.47. The molecule has 0 aromatic carbocycles. The molecule has 0 radical (unpaired) electrons. The summed E-state index contributed by atoms with van der Waals surface area (Å²) in [5.41, 5.74) is 0. The highest BCUT2D eigenvalue weighted by Crippen LogP contribution is 2.14. The van der Waals surface area contributed by atoms with Crippen molar-refractivity contribution in [1.82, 2.24) is 0 Å². The van der Waals surface area contributed by atoms with Crippen molar-refractivity contribution < 1.29 is 28.6 Å². The van der Waals surface area contributed by atoms with Gasteiger partial charge in [0, 0.05) is 19.3 Å². The van der Waals surface area contributed by atoms with Gasteiger partial charge in [0.2, 0.25) is 0 Å². The first-order valence-corrected chi connectivity index (χ1v) is 31.8. The molecule has 0 spiro atoms. The SMILES string of the molecule is CC/C=C\C/C=C\C/C=C\C/C=C\C/C=C\C/C=C\CCCCCCCCC(=O)OCC(COC(=O)CCCCCC/C=C\C/C=C\C/C=C\C/C=C\CC)OC(=O)CCCCCCCCC/C=C\C/C=C\CCCCCC. The van der Waals surface area contributed by atoms with Crippen LogP contribution in [0.2, 0.25) is 0 Å². The third kappa shape index (κ3) is 62.1. The molecule has 6 heteroatoms. The van der Waals surface area contributed by atoms with E-state index in [0.717, 1.165) is 161 Å². The summed E-state index contributed by atoms with van der Waals surface area (Å²) in [6.45, 7) is 6.36. The van der Waals surface area contributed by atoms with Gasteiger partial charge in [-0.15, -0.1) is 0 Å². The predicted molar refractivity (Wildman–Crippen MR) is 339 cm³/mol. The number of unbranched alkanes of at least 4 members (excludes halogenated alkanes) is 21. The van der Waals surface area contributed by atoms with Crippen molar-refractivity contribution in [2.45, 2.75) is 277 Å². The maximum atomic E-state index is 12.9. The van der Waals surface area contributed by atoms with Crippen molar-refractivity contribution in [1.29, 1.82) is 0 Å². The van der Waals surface area contributed by atoms with Crippen LogP contribution >= 0.6 is 0 Å². The number of ether oxygens (including phenoxy) is 3. The van der Waals surface area contributed by atoms with Gasteiger partial charge in [-0.3, -0.25) is 14.4 Å². The lowest BCUT2D eigenvalue weighted by atomic mass is 10.1. The van der Waals surface area contributed by atoms with E-state index in [1.165, 1.54) is 70.6 Å². The summed E-state index contributed by atoms with van der Waals surface area (Å²) in [5.74, 6) is -0.948. The van der Waals surface area contributed by atoms with Gasteiger partial charge in [-0.1, -0.05) is 256 Å². The highest BCUT2D eigenvalue weighted by molar-refractivity contribution is 5.71. The minimum atomic E-state index is -0.807. The van der Waals surface area contributed by atoms with Gasteiger partial charge < -0.3 is 14.2 Å². The van der Waals surface area contributed by atoms with Gasteiger partial charge in [0.25, 0.3) is 0 Å². The third-order valence-electron chi connectivity index (χ3n) is 13.1. The van der Waals surface area contributed by atoms with Crippen LogP contribution < -0.4 is 0 Å². The molecule has 0 aliphatic heterocycles. The van der Waals surface area contributed by atoms with Crippen molar-refractivity contribution in [2.24, 2.45) is 0 Å². The van der Waals surface area contributed by atoms with E-state index in [1.54, 1.807) is 0 Å². The maximum absolute atomic E-state index is 12.9. The highest BCUT2D eigenvalue weighted by Gasteiger charge is 2.19. The molecule has 1 atom stereocenters. The second-order valence-corrected chi connectivity index (χ2v) is 20.5. The Morgan fingerprint density at radius 3 is 0.782 bits per heavy atom. The van der Waals surface area contributed by atoms with E-state index in [9.17, 15) is 14.4 Å². The first-order valence-electron chi connectivity index (χ1n) is 31.8. The molecule has 0 rings (SSSR count). The molecule has 6 nitrogen and oxygen atoms in total. The molecule has 78 heavy (non-hydrogen) atoms. The lowest BCUT2D eigenvalue weighted by Crippen LogP contribution is -2.30. The zero-order chi connectivity index (χ0) is 56.4. The van der Waals surface area contributed by atoms with E-state index < -0.39 is 6.10 Å². The Morgan fingerprint density at radius 2 is 0.500 bits per heavy atom. The normalized spacial score (nSPS) is 13.1. The predicted octanol–water partition coefficient (Wildman–Crippen LogP) is 21.9. The summed E-state index contributed by atoms with van der Waals surface area (Å²) < 4.78 is 16.9. The largest absolute Gasteiger partial charge is 0.462 e. The van der Waals surface area contributed by atoms with Crippen molar-refractivity contribution in [3.63, 3.8) is 0 Å². The number of hydrogen-bond acceptors (Lipinski definition) is 6. The molecule has 0 N–H and O–H groups in total. The highest BCUT2D eigenvalue weighted by atomic mass is 16.6. The molecule has 0 fully saturated rings. The van der Waals surface area contributed by atoms with Crippen LogP contribution in [0.1, 0.15) is 271 Å². The summed E-state index contributed by atoms with van der Waals surface area (Å²) in [4.78, 5) is 38.4. The molecule has 0 amide bonds. The quantitative estimate of drug-likeness (QED) is 0.0261. The van der Waals surface area contributed by atoms with Gasteiger partial charge in [0.05, 0.1) is 0 Å². The summed E-state index contributed by atoms with van der Waals surface area (Å²) in [7, 11) is 0. The number of carbonyl (C=O) groups is 3. The molecule has 0 aromatic rings. The fraction of sp³-hybridized carbons (Fsp3) is 0.625. The van der Waals surface area contributed by atoms with Gasteiger partial charge in [0.1, 0.15) is 13.2 Å². The lowest BCUT2D eigenvalue weighted by Gasteiger charge is -2.18. The molecule has 0 saturated carbocycles. The molecule has 0 bridgehead atoms. The molecule has 0 saturated heterocycles. The molecule has 0 heterocycles. The molecular formula is C72H116O6. The molecule has 0 aliphatic rings. The van der Waals surface area contributed by atoms with E-state index in [1.807, 2.05) is 0 Å². The van der Waals surface area contributed by atoms with Gasteiger partial charge in [0.15, 0.2) is 6.10 Å². The Bertz CT molecular complexity index is 1710. The van der Waals surface area contributed by atoms with E-state index in [4.69, 9.17) is 14.2 Å². The van der Waals surface area contributed by atoms with Crippen molar-refractivity contribution in [3.05, 3.63) is 146 Å². The average molecular weight is 1080 g/mol. The molecule has 0 aromatic heterocycles. The minimum absolute atomic E-state index is 0.102. The van der Waals surface area contributed by atoms with E-state index >= 15 is 0 Å². The molecule has 0 aliphatic carbocycles. The van der Waals surface area contributed by atoms with Gasteiger partial charge in [-0.25, -0.2) is 0 Å². The van der Waals surface area contributed by atoms with Crippen molar-refractivity contribution in [3.8, 4) is 0 Å². The fourth-order valence-electron chi connectivity index (χ4n) is 8.35. The van der Waals surface area contributed by atoms with Crippen molar-refractivity contribution >= 4 is 17.9 Å². The van der Waals surface area contributed by atoms with Crippen LogP contribution in [-0.4, -0.2) is 37.2 Å². The second kappa shape index (κ2) is 64.8. The van der Waals surface area contributed by atoms with Gasteiger partial charge >= 0.3 is 17.9 Å². The Kier molecular flexibility index (Phi) is 60.9. The Hall–Kier alpha value is -4.71. The van der Waals surface area contributed by atoms with Crippen LogP contribution in [0.15, 0.2) is 146 Å². The van der Waals surface area contributed by atoms with Crippen LogP contribution in [0.25, 0.3) is 0 Å². The van der Waals surface area contributed by atoms with Gasteiger partial charge in [-0.05, 0) is 141 Å². The lowest BCUT2D eigenvalue weighted by molar-refractivity contribution is -0.167. The summed E-state index contributed by atoms with van der Waals surface area (Å²) in [6, 6.07) is 0. The summed E-state index contributed by atoms with van der Waals surface area (Å²) >= 11 is 0. The second-order valence-electron chi connectivity index (χ2n) is 20.5. The van der Waals surface area contributed by atoms with Crippen LogP contribution in [0.4, 0.5) is 0 Å². The number of esters is 3. The Labute approximate surface area is 480 Å². The van der Waals surface area contributed by atoms with Crippen LogP contribution in [-0.2, 0) is 28.6 Å². The molecular weight excluding hydrogens is 961 g/mol. The standard InChI is InChI=1S/C72H116O6/c1-4-7-10-13-16-19-22-25-28-31-33-34-35-36-37-38-39-42-44-47-50-53-56-59-62-65-71(74)77-68-69(67-76-70(73)64-61-58-55-52-49-46-43-40-30-27-24-21-18-15-12-9-6-3)78-72(75)66-63-60-57-54-51-48-45-41-32-29-26-23-20-17-14-11-8-5-2/h7,9-10,12,16,18-21,23,25,27-30,32-34,36-37,39,42-43,46,69H,4-6,8,11,13-15,17,22,24,26,31,35,38,40-41,44-45,47-68H2,1-3H3/b10-7-,12-9-,19-16-,21-18-,23-20-,28-25-,30-27-,32-29-,34-33-,37-36-,42-39-,46-43-. The van der Waals surface area contributed by atoms with Crippen LogP contribution in [0.3, 0.4) is 0 Å². The van der Waals surface area contributed by atoms with Crippen LogP contribution in [0.5, 0.6) is 0 Å². The van der Waals surface area contributed by atoms with Crippen molar-refractivity contribution in [2.75, 3.05) is 13.2 Å². The monoisotopic (exact) mass is 1080 g/mol. The minimum Gasteiger partial charge on any atom is -0.462 e. The first-order chi connectivity index (χ1) is 38.5. The number of rotatable bonds is 56. The molecule has 1 unspecified atom stereocenters. The smallest absolute Gasteiger partial charge is 0.306 e. The third-order valence-corrected chi connectivity index (χ3v) is 13.1. The summed E-state index contributed by atoms with van der Waals surface area (Å²) in [6.07, 6.45) is 92.7. The zero-order valence-electron chi connectivity index (χ0n) is 50.4. The van der Waals surface area contributed by atoms with Gasteiger partial charge in [-0.2, -0.15) is 0 Å².